The fraction of sp³-hybridized carbons (Fsp3) is 0. The molecule has 0 spiro atoms. The summed E-state index contributed by atoms with van der Waals surface area (Å²) >= 11 is 11.1. The van der Waals surface area contributed by atoms with Crippen molar-refractivity contribution in [3.05, 3.63) is 58.0 Å². The van der Waals surface area contributed by atoms with Crippen LogP contribution in [0, 0.1) is 0 Å². The molecule has 4 rings (SSSR count). The zero-order valence-electron chi connectivity index (χ0n) is 11.6. The summed E-state index contributed by atoms with van der Waals surface area (Å²) in [5, 5.41) is 17.5. The third kappa shape index (κ3) is 2.71. The summed E-state index contributed by atoms with van der Waals surface area (Å²) in [6.45, 7) is 0. The quantitative estimate of drug-likeness (QED) is 0.519. The van der Waals surface area contributed by atoms with Crippen LogP contribution < -0.4 is 5.32 Å². The summed E-state index contributed by atoms with van der Waals surface area (Å²) in [6.07, 6.45) is 0. The minimum Gasteiger partial charge on any atom is -0.329 e. The molecular weight excluding hydrogens is 398 g/mol. The fourth-order valence-corrected chi connectivity index (χ4v) is 3.55. The van der Waals surface area contributed by atoms with Crippen molar-refractivity contribution in [3.63, 3.8) is 0 Å². The molecule has 0 radical (unpaired) electrons. The lowest BCUT2D eigenvalue weighted by atomic mass is 10.2. The Morgan fingerprint density at radius 2 is 1.83 bits per heavy atom. The van der Waals surface area contributed by atoms with E-state index in [1.165, 1.54) is 11.3 Å². The van der Waals surface area contributed by atoms with E-state index in [9.17, 15) is 0 Å². The van der Waals surface area contributed by atoms with Gasteiger partial charge in [0.15, 0.2) is 5.82 Å². The van der Waals surface area contributed by atoms with Crippen molar-refractivity contribution < 1.29 is 0 Å². The van der Waals surface area contributed by atoms with Crippen molar-refractivity contribution in [1.29, 1.82) is 0 Å². The van der Waals surface area contributed by atoms with E-state index >= 15 is 0 Å². The molecule has 0 aliphatic carbocycles. The second kappa shape index (κ2) is 5.92. The van der Waals surface area contributed by atoms with Crippen LogP contribution in [0.4, 0.5) is 10.8 Å². The molecule has 5 nitrogen and oxygen atoms in total. The highest BCUT2D eigenvalue weighted by atomic mass is 79.9. The molecule has 1 N–H and O–H groups in total. The molecule has 0 atom stereocenters. The molecule has 4 aromatic rings. The van der Waals surface area contributed by atoms with Crippen molar-refractivity contribution >= 4 is 54.6 Å². The van der Waals surface area contributed by atoms with Crippen LogP contribution >= 0.6 is 38.9 Å². The number of nitrogens with zero attached hydrogens (tertiary/aromatic N) is 4. The number of hydrogen-bond acceptors (Lipinski definition) is 5. The van der Waals surface area contributed by atoms with Crippen molar-refractivity contribution in [1.82, 2.24) is 19.8 Å². The zero-order valence-corrected chi connectivity index (χ0v) is 14.7. The van der Waals surface area contributed by atoms with Crippen LogP contribution in [0.1, 0.15) is 0 Å². The van der Waals surface area contributed by atoms with Gasteiger partial charge in [-0.15, -0.1) is 15.3 Å². The molecule has 0 unspecified atom stereocenters. The molecule has 2 aromatic carbocycles. The lowest BCUT2D eigenvalue weighted by Gasteiger charge is -2.03. The smallest absolute Gasteiger partial charge is 0.236 e. The van der Waals surface area contributed by atoms with Crippen molar-refractivity contribution in [2.75, 3.05) is 5.32 Å². The summed E-state index contributed by atoms with van der Waals surface area (Å²) in [6, 6.07) is 15.4. The van der Waals surface area contributed by atoms with Gasteiger partial charge >= 0.3 is 0 Å². The molecule has 0 saturated heterocycles. The maximum atomic E-state index is 6.17. The first kappa shape index (κ1) is 14.6. The van der Waals surface area contributed by atoms with Crippen LogP contribution in [0.25, 0.3) is 16.3 Å². The largest absolute Gasteiger partial charge is 0.329 e. The average Bonchev–Trinajstić information content (AvgIpc) is 3.10. The molecule has 2 aromatic heterocycles. The second-order valence-electron chi connectivity index (χ2n) is 4.71. The number of rotatable bonds is 3. The molecule has 114 valence electrons. The van der Waals surface area contributed by atoms with Gasteiger partial charge < -0.3 is 5.32 Å². The highest BCUT2D eigenvalue weighted by Crippen LogP contribution is 2.31. The van der Waals surface area contributed by atoms with Crippen molar-refractivity contribution in [3.8, 4) is 11.4 Å². The number of aromatic nitrogens is 4. The summed E-state index contributed by atoms with van der Waals surface area (Å²) in [4.78, 5) is 0.713. The van der Waals surface area contributed by atoms with Gasteiger partial charge in [0.1, 0.15) is 0 Å². The molecule has 0 aliphatic heterocycles. The topological polar surface area (TPSA) is 55.1 Å². The maximum Gasteiger partial charge on any atom is 0.236 e. The summed E-state index contributed by atoms with van der Waals surface area (Å²) in [7, 11) is 0. The second-order valence-corrected chi connectivity index (χ2v) is 6.93. The highest BCUT2D eigenvalue weighted by Gasteiger charge is 2.15. The van der Waals surface area contributed by atoms with Crippen LogP contribution in [0.15, 0.2) is 53.0 Å². The van der Waals surface area contributed by atoms with E-state index in [0.29, 0.717) is 20.9 Å². The average molecular weight is 407 g/mol. The Bertz CT molecular complexity index is 996. The first-order chi connectivity index (χ1) is 11.2. The van der Waals surface area contributed by atoms with Gasteiger partial charge in [0.2, 0.25) is 10.1 Å². The van der Waals surface area contributed by atoms with Crippen LogP contribution in [0.5, 0.6) is 0 Å². The number of fused-ring (bicyclic) bond motifs is 1. The Hall–Kier alpha value is -1.96. The molecule has 8 heteroatoms. The molecule has 0 aliphatic rings. The van der Waals surface area contributed by atoms with Gasteiger partial charge in [0.25, 0.3) is 0 Å². The fourth-order valence-electron chi connectivity index (χ4n) is 2.16. The number of nitrogens with one attached hydrogen (secondary N) is 1. The first-order valence-corrected chi connectivity index (χ1v) is 8.70. The first-order valence-electron chi connectivity index (χ1n) is 6.71. The van der Waals surface area contributed by atoms with Gasteiger partial charge in [-0.05, 0) is 24.3 Å². The molecule has 0 bridgehead atoms. The normalized spacial score (nSPS) is 11.0. The SMILES string of the molecule is Clc1ccccc1Nc1nn2c(-c3ccccc3Br)nnc2s1. The summed E-state index contributed by atoms with van der Waals surface area (Å²) < 4.78 is 2.67. The minimum absolute atomic E-state index is 0.643. The van der Waals surface area contributed by atoms with E-state index in [-0.39, 0.29) is 0 Å². The number of anilines is 2. The Morgan fingerprint density at radius 1 is 1.04 bits per heavy atom. The minimum atomic E-state index is 0.643. The Balaban J connectivity index is 1.75. The van der Waals surface area contributed by atoms with E-state index in [2.05, 4.69) is 36.5 Å². The van der Waals surface area contributed by atoms with Crippen LogP contribution in [0.3, 0.4) is 0 Å². The molecule has 0 saturated carbocycles. The summed E-state index contributed by atoms with van der Waals surface area (Å²) in [5.41, 5.74) is 1.75. The number of para-hydroxylation sites is 1. The van der Waals surface area contributed by atoms with E-state index in [1.807, 2.05) is 48.5 Å². The van der Waals surface area contributed by atoms with Crippen LogP contribution in [-0.2, 0) is 0 Å². The van der Waals surface area contributed by atoms with Gasteiger partial charge in [0.05, 0.1) is 10.7 Å². The molecule has 23 heavy (non-hydrogen) atoms. The van der Waals surface area contributed by atoms with Gasteiger partial charge in [-0.25, -0.2) is 0 Å². The third-order valence-electron chi connectivity index (χ3n) is 3.22. The Kier molecular flexibility index (Phi) is 3.76. The van der Waals surface area contributed by atoms with Crippen molar-refractivity contribution in [2.45, 2.75) is 0 Å². The van der Waals surface area contributed by atoms with Crippen LogP contribution in [-0.4, -0.2) is 19.8 Å². The lowest BCUT2D eigenvalue weighted by molar-refractivity contribution is 0.969. The highest BCUT2D eigenvalue weighted by molar-refractivity contribution is 9.10. The monoisotopic (exact) mass is 405 g/mol. The van der Waals surface area contributed by atoms with E-state index in [0.717, 1.165) is 15.7 Å². The van der Waals surface area contributed by atoms with E-state index in [4.69, 9.17) is 11.6 Å². The van der Waals surface area contributed by atoms with E-state index < -0.39 is 0 Å². The standard InChI is InChI=1S/C15H9BrClN5S/c16-10-6-2-1-5-9(10)13-19-20-15-22(13)21-14(23-15)18-12-8-4-3-7-11(12)17/h1-8H,(H,18,21). The Morgan fingerprint density at radius 3 is 2.65 bits per heavy atom. The number of hydrogen-bond donors (Lipinski definition) is 1. The van der Waals surface area contributed by atoms with Gasteiger partial charge in [-0.1, -0.05) is 63.1 Å². The molecule has 0 fully saturated rings. The van der Waals surface area contributed by atoms with Crippen molar-refractivity contribution in [2.24, 2.45) is 0 Å². The third-order valence-corrected chi connectivity index (χ3v) is 5.06. The molecule has 0 amide bonds. The van der Waals surface area contributed by atoms with E-state index in [1.54, 1.807) is 4.52 Å². The van der Waals surface area contributed by atoms with Crippen LogP contribution in [0.2, 0.25) is 5.02 Å². The maximum absolute atomic E-state index is 6.17. The van der Waals surface area contributed by atoms with Gasteiger partial charge in [-0.2, -0.15) is 4.52 Å². The Labute approximate surface area is 149 Å². The number of halogens is 2. The van der Waals surface area contributed by atoms with Gasteiger partial charge in [-0.3, -0.25) is 0 Å². The summed E-state index contributed by atoms with van der Waals surface area (Å²) in [5.74, 6) is 0.691. The number of benzene rings is 2. The molecular formula is C15H9BrClN5S. The van der Waals surface area contributed by atoms with Gasteiger partial charge in [0, 0.05) is 10.0 Å². The molecule has 2 heterocycles. The lowest BCUT2D eigenvalue weighted by Crippen LogP contribution is -1.94. The zero-order chi connectivity index (χ0) is 15.8. The predicted molar refractivity (Wildman–Crippen MR) is 96.5 cm³/mol. The predicted octanol–water partition coefficient (Wildman–Crippen LogP) is 5.01.